The maximum absolute atomic E-state index is 11.0. The van der Waals surface area contributed by atoms with Crippen LogP contribution in [0.2, 0.25) is 18.1 Å². The van der Waals surface area contributed by atoms with Gasteiger partial charge in [-0.2, -0.15) is 0 Å². The summed E-state index contributed by atoms with van der Waals surface area (Å²) in [5.74, 6) is 0. The lowest BCUT2D eigenvalue weighted by Crippen LogP contribution is -2.49. The molecule has 0 bridgehead atoms. The summed E-state index contributed by atoms with van der Waals surface area (Å²) in [7, 11) is -1.89. The van der Waals surface area contributed by atoms with Crippen molar-refractivity contribution in [2.75, 3.05) is 0 Å². The van der Waals surface area contributed by atoms with Crippen LogP contribution in [0.3, 0.4) is 0 Å². The summed E-state index contributed by atoms with van der Waals surface area (Å²) in [5, 5.41) is 0.123. The second-order valence-corrected chi connectivity index (χ2v) is 12.1. The molecule has 0 radical (unpaired) electrons. The lowest BCUT2D eigenvalue weighted by Gasteiger charge is -2.42. The van der Waals surface area contributed by atoms with Crippen LogP contribution in [0.15, 0.2) is 10.6 Å². The van der Waals surface area contributed by atoms with E-state index in [9.17, 15) is 4.79 Å². The summed E-state index contributed by atoms with van der Waals surface area (Å²) in [6, 6.07) is 0. The van der Waals surface area contributed by atoms with Crippen molar-refractivity contribution in [1.82, 2.24) is 0 Å². The predicted octanol–water partition coefficient (Wildman–Crippen LogP) is 3.91. The van der Waals surface area contributed by atoms with Crippen LogP contribution in [-0.2, 0) is 9.16 Å². The van der Waals surface area contributed by atoms with Crippen molar-refractivity contribution < 1.29 is 14.0 Å². The van der Waals surface area contributed by atoms with Crippen LogP contribution in [0, 0.1) is 0 Å². The molecule has 110 valence electrons. The maximum Gasteiger partial charge on any atom is 0.405 e. The molecular weight excluding hydrogens is 326 g/mol. The molecule has 4 nitrogen and oxygen atoms in total. The molecule has 1 aliphatic rings. The van der Waals surface area contributed by atoms with Gasteiger partial charge in [0, 0.05) is 4.48 Å². The summed E-state index contributed by atoms with van der Waals surface area (Å²) in [4.78, 5) is 11.0. The largest absolute Gasteiger partial charge is 0.438 e. The number of allylic oxidation sites excluding steroid dienone is 1. The molecule has 0 aromatic heterocycles. The molecular formula is C13H24BrNO3Si. The minimum Gasteiger partial charge on any atom is -0.438 e. The average Bonchev–Trinajstić information content (AvgIpc) is 2.20. The van der Waals surface area contributed by atoms with E-state index in [0.29, 0.717) is 0 Å². The smallest absolute Gasteiger partial charge is 0.405 e. The Morgan fingerprint density at radius 2 is 2.05 bits per heavy atom. The normalized spacial score (nSPS) is 24.8. The minimum atomic E-state index is -1.89. The first-order valence-electron chi connectivity index (χ1n) is 6.54. The first-order chi connectivity index (χ1) is 8.54. The van der Waals surface area contributed by atoms with E-state index in [4.69, 9.17) is 14.9 Å². The van der Waals surface area contributed by atoms with Gasteiger partial charge in [-0.25, -0.2) is 4.79 Å². The van der Waals surface area contributed by atoms with Gasteiger partial charge in [0.15, 0.2) is 14.4 Å². The highest BCUT2D eigenvalue weighted by Gasteiger charge is 2.42. The van der Waals surface area contributed by atoms with Crippen LogP contribution >= 0.6 is 15.9 Å². The van der Waals surface area contributed by atoms with Gasteiger partial charge in [-0.1, -0.05) is 42.8 Å². The molecule has 0 aliphatic heterocycles. The van der Waals surface area contributed by atoms with Crippen molar-refractivity contribution in [2.24, 2.45) is 5.73 Å². The van der Waals surface area contributed by atoms with E-state index in [1.54, 1.807) is 0 Å². The number of rotatable bonds is 3. The highest BCUT2D eigenvalue weighted by molar-refractivity contribution is 9.11. The topological polar surface area (TPSA) is 61.6 Å². The molecule has 19 heavy (non-hydrogen) atoms. The Kier molecular flexibility index (Phi) is 5.26. The van der Waals surface area contributed by atoms with Gasteiger partial charge in [-0.3, -0.25) is 0 Å². The highest BCUT2D eigenvalue weighted by atomic mass is 79.9. The molecule has 6 heteroatoms. The Labute approximate surface area is 125 Å². The molecule has 0 fully saturated rings. The number of carbonyl (C=O) groups excluding carboxylic acids is 1. The molecule has 0 aromatic carbocycles. The monoisotopic (exact) mass is 349 g/mol. The second-order valence-electron chi connectivity index (χ2n) is 6.44. The molecule has 2 atom stereocenters. The first kappa shape index (κ1) is 16.7. The fourth-order valence-corrected chi connectivity index (χ4v) is 3.73. The van der Waals surface area contributed by atoms with Crippen molar-refractivity contribution >= 4 is 30.3 Å². The molecule has 1 aliphatic carbocycles. The summed E-state index contributed by atoms with van der Waals surface area (Å²) in [5.41, 5.74) is 5.14. The Morgan fingerprint density at radius 1 is 1.47 bits per heavy atom. The highest BCUT2D eigenvalue weighted by Crippen LogP contribution is 2.40. The number of nitrogens with two attached hydrogens (primary N) is 1. The third-order valence-electron chi connectivity index (χ3n) is 3.90. The fourth-order valence-electron chi connectivity index (χ4n) is 1.76. The van der Waals surface area contributed by atoms with Crippen LogP contribution < -0.4 is 5.73 Å². The molecule has 0 unspecified atom stereocenters. The van der Waals surface area contributed by atoms with Gasteiger partial charge in [-0.05, 0) is 31.0 Å². The number of carbonyl (C=O) groups is 1. The van der Waals surface area contributed by atoms with Gasteiger partial charge in [0.25, 0.3) is 0 Å². The van der Waals surface area contributed by atoms with E-state index in [-0.39, 0.29) is 11.1 Å². The Morgan fingerprint density at radius 3 is 2.53 bits per heavy atom. The van der Waals surface area contributed by atoms with E-state index in [0.717, 1.165) is 17.3 Å². The third-order valence-corrected chi connectivity index (χ3v) is 9.17. The van der Waals surface area contributed by atoms with Gasteiger partial charge in [0.1, 0.15) is 0 Å². The quantitative estimate of drug-likeness (QED) is 0.785. The number of halogens is 1. The van der Waals surface area contributed by atoms with E-state index in [1.165, 1.54) is 0 Å². The average molecular weight is 350 g/mol. The van der Waals surface area contributed by atoms with Crippen molar-refractivity contribution in [3.8, 4) is 0 Å². The fraction of sp³-hybridized carbons (Fsp3) is 0.769. The summed E-state index contributed by atoms with van der Waals surface area (Å²) in [6.45, 7) is 11.0. The first-order valence-corrected chi connectivity index (χ1v) is 10.2. The molecule has 1 amide bonds. The maximum atomic E-state index is 11.0. The van der Waals surface area contributed by atoms with Crippen molar-refractivity contribution in [3.05, 3.63) is 10.6 Å². The molecule has 0 spiro atoms. The van der Waals surface area contributed by atoms with Crippen LogP contribution in [0.4, 0.5) is 4.79 Å². The number of primary amides is 1. The van der Waals surface area contributed by atoms with Crippen molar-refractivity contribution in [1.29, 1.82) is 0 Å². The van der Waals surface area contributed by atoms with Crippen LogP contribution in [0.5, 0.6) is 0 Å². The molecule has 0 saturated carbocycles. The van der Waals surface area contributed by atoms with E-state index in [2.05, 4.69) is 49.8 Å². The Balaban J connectivity index is 2.86. The summed E-state index contributed by atoms with van der Waals surface area (Å²) in [6.07, 6.45) is 2.48. The Hall–Kier alpha value is -0.333. The number of hydrogen-bond acceptors (Lipinski definition) is 3. The summed E-state index contributed by atoms with van der Waals surface area (Å²) >= 11 is 3.45. The van der Waals surface area contributed by atoms with Gasteiger partial charge in [0.2, 0.25) is 0 Å². The van der Waals surface area contributed by atoms with Crippen molar-refractivity contribution in [3.63, 3.8) is 0 Å². The standard InChI is InChI=1S/C13H24BrNO3Si/c1-13(2,3)19(4,5)18-10-8-6-7-9(14)11(10)17-12(15)16/h7,10-11H,6,8H2,1-5H3,(H2,15,16)/t10-,11+/m0/s1. The third kappa shape index (κ3) is 4.32. The van der Waals surface area contributed by atoms with E-state index < -0.39 is 20.5 Å². The van der Waals surface area contributed by atoms with Crippen LogP contribution in [-0.4, -0.2) is 26.6 Å². The lowest BCUT2D eigenvalue weighted by atomic mass is 10.0. The van der Waals surface area contributed by atoms with Gasteiger partial charge >= 0.3 is 6.09 Å². The molecule has 0 aromatic rings. The summed E-state index contributed by atoms with van der Waals surface area (Å²) < 4.78 is 12.4. The number of amides is 1. The van der Waals surface area contributed by atoms with Crippen LogP contribution in [0.1, 0.15) is 33.6 Å². The molecule has 0 saturated heterocycles. The van der Waals surface area contributed by atoms with Crippen molar-refractivity contribution in [2.45, 2.75) is 64.0 Å². The van der Waals surface area contributed by atoms with Gasteiger partial charge < -0.3 is 14.9 Å². The molecule has 1 rings (SSSR count). The number of hydrogen-bond donors (Lipinski definition) is 1. The minimum absolute atomic E-state index is 0.118. The van der Waals surface area contributed by atoms with Gasteiger partial charge in [0.05, 0.1) is 6.10 Å². The lowest BCUT2D eigenvalue weighted by molar-refractivity contribution is 0.0292. The second kappa shape index (κ2) is 5.97. The van der Waals surface area contributed by atoms with E-state index in [1.807, 2.05) is 6.08 Å². The molecule has 2 N–H and O–H groups in total. The predicted molar refractivity (Wildman–Crippen MR) is 82.8 cm³/mol. The van der Waals surface area contributed by atoms with Crippen LogP contribution in [0.25, 0.3) is 0 Å². The zero-order valence-electron chi connectivity index (χ0n) is 12.3. The zero-order chi connectivity index (χ0) is 14.8. The molecule has 0 heterocycles. The zero-order valence-corrected chi connectivity index (χ0v) is 14.9. The van der Waals surface area contributed by atoms with E-state index >= 15 is 0 Å². The Bertz CT molecular complexity index is 377. The number of ether oxygens (including phenoxy) is 1. The van der Waals surface area contributed by atoms with Gasteiger partial charge in [-0.15, -0.1) is 0 Å². The SMILES string of the molecule is CC(C)(C)[Si](C)(C)O[C@H]1CCC=C(Br)[C@H]1OC(N)=O.